The number of hydrogen-bond acceptors (Lipinski definition) is 0. The Balaban J connectivity index is 0.00000144. The molecule has 0 heterocycles. The first-order chi connectivity index (χ1) is 15.3. The zero-order chi connectivity index (χ0) is 22.5. The Morgan fingerprint density at radius 2 is 1.17 bits per heavy atom. The molecule has 0 unspecified atom stereocenters. The molecule has 4 heteroatoms. The number of rotatable bonds is 4. The molecule has 177 valence electrons. The van der Waals surface area contributed by atoms with E-state index in [2.05, 4.69) is 113 Å². The van der Waals surface area contributed by atoms with Crippen LogP contribution in [0.25, 0.3) is 27.6 Å². The van der Waals surface area contributed by atoms with Crippen molar-refractivity contribution in [3.8, 4) is 22.3 Å². The summed E-state index contributed by atoms with van der Waals surface area (Å²) < 4.78 is 0. The van der Waals surface area contributed by atoms with E-state index >= 15 is 0 Å². The summed E-state index contributed by atoms with van der Waals surface area (Å²) in [5, 5.41) is 5.32. The van der Waals surface area contributed by atoms with Crippen molar-refractivity contribution >= 4 is 5.69 Å². The average Bonchev–Trinajstić information content (AvgIpc) is 3.15. The maximum absolute atomic E-state index is 5.32. The second-order valence-corrected chi connectivity index (χ2v) is 9.63. The molecule has 0 spiro atoms. The molecule has 0 saturated heterocycles. The predicted molar refractivity (Wildman–Crippen MR) is 137 cm³/mol. The molecule has 1 aliphatic carbocycles. The summed E-state index contributed by atoms with van der Waals surface area (Å²) in [6.07, 6.45) is 0.990. The largest absolute Gasteiger partial charge is 3.00 e. The molecule has 0 N–H and O–H groups in total. The fourth-order valence-electron chi connectivity index (χ4n) is 5.35. The molecule has 1 aliphatic rings. The maximum atomic E-state index is 5.32. The van der Waals surface area contributed by atoms with E-state index in [1.165, 1.54) is 55.6 Å². The third-order valence-electron chi connectivity index (χ3n) is 6.75. The smallest absolute Gasteiger partial charge is 1.00 e. The molecule has 0 amide bonds. The second-order valence-electron chi connectivity index (χ2n) is 9.63. The van der Waals surface area contributed by atoms with E-state index < -0.39 is 0 Å². The van der Waals surface area contributed by atoms with E-state index in [1.54, 1.807) is 0 Å². The molecular weight excluding hydrogens is 505 g/mol. The first-order valence-corrected chi connectivity index (χ1v) is 11.5. The summed E-state index contributed by atoms with van der Waals surface area (Å²) >= 11 is 0. The van der Waals surface area contributed by atoms with E-state index in [9.17, 15) is 0 Å². The van der Waals surface area contributed by atoms with E-state index in [0.717, 1.165) is 12.1 Å². The summed E-state index contributed by atoms with van der Waals surface area (Å²) in [6, 6.07) is 28.8. The van der Waals surface area contributed by atoms with Gasteiger partial charge in [-0.2, -0.15) is 0 Å². The second kappa shape index (κ2) is 11.4. The van der Waals surface area contributed by atoms with Crippen molar-refractivity contribution in [3.05, 3.63) is 118 Å². The van der Waals surface area contributed by atoms with Crippen LogP contribution in [0.1, 0.15) is 47.2 Å². The van der Waals surface area contributed by atoms with E-state index in [-0.39, 0.29) is 52.1 Å². The molecule has 4 aromatic rings. The molecule has 5 rings (SSSR count). The van der Waals surface area contributed by atoms with Crippen molar-refractivity contribution in [3.63, 3.8) is 0 Å². The molecule has 0 aromatic heterocycles. The van der Waals surface area contributed by atoms with Crippen molar-refractivity contribution < 1.29 is 46.5 Å². The van der Waals surface area contributed by atoms with Crippen molar-refractivity contribution in [1.29, 1.82) is 0 Å². The van der Waals surface area contributed by atoms with Gasteiger partial charge in [0, 0.05) is 0 Å². The Bertz CT molecular complexity index is 1320. The molecule has 0 bridgehead atoms. The first-order valence-electron chi connectivity index (χ1n) is 11.5. The molecular formula is C31H30Cl2NTi. The fraction of sp³-hybridized carbons (Fsp3) is 0.226. The maximum Gasteiger partial charge on any atom is 3.00 e. The number of nitrogens with zero attached hydrogens (tertiary/aromatic N) is 1. The molecule has 0 atom stereocenters. The predicted octanol–water partition coefficient (Wildman–Crippen LogP) is 2.80. The quantitative estimate of drug-likeness (QED) is 0.315. The SMILES string of the molecule is Cc1cc(C)c([N-]C(C)(C)c2ccccc2-c2cccc3c2Cc2ccccc2-3)c(C)c1.[Cl-].[Cl-].[Ti+3]. The van der Waals surface area contributed by atoms with E-state index in [0.29, 0.717) is 0 Å². The van der Waals surface area contributed by atoms with Crippen LogP contribution in [0.3, 0.4) is 0 Å². The van der Waals surface area contributed by atoms with Crippen LogP contribution in [-0.4, -0.2) is 0 Å². The van der Waals surface area contributed by atoms with Gasteiger partial charge < -0.3 is 30.1 Å². The minimum atomic E-state index is -0.352. The van der Waals surface area contributed by atoms with Gasteiger partial charge in [0.05, 0.1) is 0 Å². The van der Waals surface area contributed by atoms with Crippen LogP contribution in [0, 0.1) is 20.8 Å². The van der Waals surface area contributed by atoms with Crippen LogP contribution in [-0.2, 0) is 33.7 Å². The zero-order valence-electron chi connectivity index (χ0n) is 20.9. The van der Waals surface area contributed by atoms with Crippen LogP contribution in [0.4, 0.5) is 5.69 Å². The number of fused-ring (bicyclic) bond motifs is 3. The van der Waals surface area contributed by atoms with Crippen molar-refractivity contribution in [1.82, 2.24) is 0 Å². The van der Waals surface area contributed by atoms with Gasteiger partial charge in [-0.25, -0.2) is 0 Å². The van der Waals surface area contributed by atoms with Crippen molar-refractivity contribution in [2.24, 2.45) is 0 Å². The molecule has 35 heavy (non-hydrogen) atoms. The zero-order valence-corrected chi connectivity index (χ0v) is 24.0. The molecule has 1 nitrogen and oxygen atoms in total. The fourth-order valence-corrected chi connectivity index (χ4v) is 5.35. The Labute approximate surface area is 237 Å². The summed E-state index contributed by atoms with van der Waals surface area (Å²) in [7, 11) is 0. The van der Waals surface area contributed by atoms with Crippen LogP contribution in [0.15, 0.2) is 78.9 Å². The summed E-state index contributed by atoms with van der Waals surface area (Å²) in [5.74, 6) is 0. The number of hydrogen-bond donors (Lipinski definition) is 0. The summed E-state index contributed by atoms with van der Waals surface area (Å²) in [4.78, 5) is 0. The topological polar surface area (TPSA) is 14.1 Å². The number of halogens is 2. The van der Waals surface area contributed by atoms with Gasteiger partial charge in [-0.3, -0.25) is 0 Å². The monoisotopic (exact) mass is 534 g/mol. The summed E-state index contributed by atoms with van der Waals surface area (Å²) in [5.41, 5.74) is 14.0. The van der Waals surface area contributed by atoms with Gasteiger partial charge in [0.25, 0.3) is 0 Å². The van der Waals surface area contributed by atoms with Crippen molar-refractivity contribution in [2.45, 2.75) is 46.6 Å². The molecule has 1 radical (unpaired) electrons. The number of benzene rings is 4. The van der Waals surface area contributed by atoms with Crippen LogP contribution in [0.2, 0.25) is 0 Å². The molecule has 0 aliphatic heterocycles. The Kier molecular flexibility index (Phi) is 9.48. The van der Waals surface area contributed by atoms with Crippen LogP contribution >= 0.6 is 0 Å². The van der Waals surface area contributed by atoms with E-state index in [4.69, 9.17) is 5.32 Å². The van der Waals surface area contributed by atoms with Crippen LogP contribution < -0.4 is 24.8 Å². The third-order valence-corrected chi connectivity index (χ3v) is 6.75. The third kappa shape index (κ3) is 5.39. The molecule has 0 fully saturated rings. The Hall–Kier alpha value is -2.03. The van der Waals surface area contributed by atoms with Gasteiger partial charge in [0.15, 0.2) is 0 Å². The summed E-state index contributed by atoms with van der Waals surface area (Å²) in [6.45, 7) is 11.0. The molecule has 0 saturated carbocycles. The molecule has 4 aromatic carbocycles. The van der Waals surface area contributed by atoms with Crippen LogP contribution in [0.5, 0.6) is 0 Å². The number of aryl methyl sites for hydroxylation is 3. The Morgan fingerprint density at radius 3 is 1.83 bits per heavy atom. The van der Waals surface area contributed by atoms with Gasteiger partial charge >= 0.3 is 21.7 Å². The normalized spacial score (nSPS) is 11.3. The minimum Gasteiger partial charge on any atom is -1.00 e. The first kappa shape index (κ1) is 29.2. The standard InChI is InChI=1S/C31H30N.2ClH.Ti/c1-20-17-21(2)30(22(3)18-20)32-31(4,5)29-16-9-8-13-27(29)26-15-10-14-25-24-12-7-6-11-23(24)19-28(25)26;;;/h6-18H,19H2,1-5H3;2*1H;/q-1;;;+3/p-2. The van der Waals surface area contributed by atoms with Gasteiger partial charge in [0.2, 0.25) is 0 Å². The van der Waals surface area contributed by atoms with Gasteiger partial charge in [0.1, 0.15) is 0 Å². The van der Waals surface area contributed by atoms with E-state index in [1.807, 2.05) is 0 Å². The Morgan fingerprint density at radius 1 is 0.657 bits per heavy atom. The minimum absolute atomic E-state index is 0. The average molecular weight is 535 g/mol. The van der Waals surface area contributed by atoms with Gasteiger partial charge in [-0.1, -0.05) is 121 Å². The van der Waals surface area contributed by atoms with Gasteiger partial charge in [-0.15, -0.1) is 5.69 Å². The van der Waals surface area contributed by atoms with Gasteiger partial charge in [-0.05, 0) is 60.6 Å². The van der Waals surface area contributed by atoms with Crippen molar-refractivity contribution in [2.75, 3.05) is 0 Å².